The summed E-state index contributed by atoms with van der Waals surface area (Å²) in [4.78, 5) is 20.3. The zero-order valence-electron chi connectivity index (χ0n) is 14.9. The predicted octanol–water partition coefficient (Wildman–Crippen LogP) is 2.53. The highest BCUT2D eigenvalue weighted by atomic mass is 19.4. The number of alkyl halides is 3. The summed E-state index contributed by atoms with van der Waals surface area (Å²) in [6.07, 6.45) is -1.80. The van der Waals surface area contributed by atoms with Crippen molar-refractivity contribution in [3.8, 4) is 0 Å². The molecule has 0 saturated carbocycles. The van der Waals surface area contributed by atoms with Crippen molar-refractivity contribution in [3.63, 3.8) is 0 Å². The van der Waals surface area contributed by atoms with E-state index in [1.165, 1.54) is 0 Å². The molecule has 0 bridgehead atoms. The van der Waals surface area contributed by atoms with Crippen LogP contribution < -0.4 is 5.32 Å². The van der Waals surface area contributed by atoms with E-state index in [0.717, 1.165) is 30.4 Å². The van der Waals surface area contributed by atoms with Crippen molar-refractivity contribution >= 4 is 11.9 Å². The fourth-order valence-electron chi connectivity index (χ4n) is 3.23. The summed E-state index contributed by atoms with van der Waals surface area (Å²) in [6.45, 7) is 1.36. The number of nitrogens with one attached hydrogen (secondary N) is 1. The average Bonchev–Trinajstić information content (AvgIpc) is 3.27. The number of aryl methyl sites for hydroxylation is 1. The number of rotatable bonds is 5. The molecule has 0 spiro atoms. The molecule has 1 aliphatic carbocycles. The first-order valence-electron chi connectivity index (χ1n) is 8.68. The van der Waals surface area contributed by atoms with Crippen LogP contribution in [0.3, 0.4) is 0 Å². The van der Waals surface area contributed by atoms with Crippen molar-refractivity contribution in [2.75, 3.05) is 19.8 Å². The van der Waals surface area contributed by atoms with E-state index in [4.69, 9.17) is 14.6 Å². The molecule has 1 aromatic carbocycles. The summed E-state index contributed by atoms with van der Waals surface area (Å²) in [5, 5.41) is 19.6. The summed E-state index contributed by atoms with van der Waals surface area (Å²) in [5.74, 6) is -3.72. The number of carboxylic acids is 2. The molecule has 1 atom stereocenters. The summed E-state index contributed by atoms with van der Waals surface area (Å²) >= 11 is 0. The molecule has 1 saturated heterocycles. The molecule has 156 valence electrons. The van der Waals surface area contributed by atoms with Crippen LogP contribution in [0.4, 0.5) is 17.6 Å². The molecule has 0 radical (unpaired) electrons. The third kappa shape index (κ3) is 5.20. The summed E-state index contributed by atoms with van der Waals surface area (Å²) in [7, 11) is 0. The average molecular weight is 407 g/mol. The van der Waals surface area contributed by atoms with Gasteiger partial charge in [0.1, 0.15) is 11.2 Å². The maximum atomic E-state index is 14.3. The molecule has 2 aliphatic rings. The van der Waals surface area contributed by atoms with E-state index in [2.05, 4.69) is 5.32 Å². The standard InChI is InChI=1S/C16H20FNO3.C2HF3O2/c17-14-12(5-4-11-2-1-3-13(11)14)8-18-9-16(15(19)20)6-7-21-10-16;3-2(4,5)1(6)7/h4-5,18H,1-3,6-10H2,(H,19,20);(H,6,7). The van der Waals surface area contributed by atoms with Gasteiger partial charge in [0.2, 0.25) is 0 Å². The molecule has 1 fully saturated rings. The van der Waals surface area contributed by atoms with Crippen LogP contribution in [0.2, 0.25) is 0 Å². The highest BCUT2D eigenvalue weighted by molar-refractivity contribution is 5.75. The lowest BCUT2D eigenvalue weighted by molar-refractivity contribution is -0.192. The molecule has 10 heteroatoms. The molecule has 0 amide bonds. The number of hydrogen-bond donors (Lipinski definition) is 3. The monoisotopic (exact) mass is 407 g/mol. The van der Waals surface area contributed by atoms with Gasteiger partial charge in [0, 0.05) is 25.3 Å². The van der Waals surface area contributed by atoms with Crippen molar-refractivity contribution in [2.45, 2.75) is 38.4 Å². The smallest absolute Gasteiger partial charge is 0.481 e. The van der Waals surface area contributed by atoms with Gasteiger partial charge >= 0.3 is 18.1 Å². The van der Waals surface area contributed by atoms with Gasteiger partial charge in [-0.1, -0.05) is 12.1 Å². The number of hydrogen-bond acceptors (Lipinski definition) is 4. The van der Waals surface area contributed by atoms with Crippen molar-refractivity contribution in [3.05, 3.63) is 34.6 Å². The molecule has 1 aromatic rings. The van der Waals surface area contributed by atoms with E-state index in [-0.39, 0.29) is 12.4 Å². The van der Waals surface area contributed by atoms with Crippen LogP contribution in [-0.2, 0) is 33.7 Å². The lowest BCUT2D eigenvalue weighted by atomic mass is 9.87. The van der Waals surface area contributed by atoms with Crippen LogP contribution in [0, 0.1) is 11.2 Å². The number of aliphatic carboxylic acids is 2. The number of halogens is 4. The third-order valence-corrected chi connectivity index (χ3v) is 4.87. The molecular weight excluding hydrogens is 386 g/mol. The Balaban J connectivity index is 0.000000345. The largest absolute Gasteiger partial charge is 0.490 e. The Morgan fingerprint density at radius 2 is 1.89 bits per heavy atom. The van der Waals surface area contributed by atoms with Gasteiger partial charge in [0.15, 0.2) is 0 Å². The molecule has 28 heavy (non-hydrogen) atoms. The number of ether oxygens (including phenoxy) is 1. The fraction of sp³-hybridized carbons (Fsp3) is 0.556. The minimum absolute atomic E-state index is 0.121. The van der Waals surface area contributed by atoms with Gasteiger partial charge in [-0.15, -0.1) is 0 Å². The zero-order chi connectivity index (χ0) is 20.9. The summed E-state index contributed by atoms with van der Waals surface area (Å²) in [5.41, 5.74) is 1.71. The Hall–Kier alpha value is -2.20. The first-order valence-corrected chi connectivity index (χ1v) is 8.68. The Morgan fingerprint density at radius 1 is 1.21 bits per heavy atom. The minimum Gasteiger partial charge on any atom is -0.481 e. The van der Waals surface area contributed by atoms with E-state index in [9.17, 15) is 27.5 Å². The van der Waals surface area contributed by atoms with Crippen molar-refractivity contribution in [1.82, 2.24) is 5.32 Å². The minimum atomic E-state index is -5.08. The van der Waals surface area contributed by atoms with Gasteiger partial charge in [0.25, 0.3) is 0 Å². The topological polar surface area (TPSA) is 95.9 Å². The lowest BCUT2D eigenvalue weighted by Gasteiger charge is -2.22. The lowest BCUT2D eigenvalue weighted by Crippen LogP contribution is -2.41. The van der Waals surface area contributed by atoms with E-state index in [1.807, 2.05) is 12.1 Å². The van der Waals surface area contributed by atoms with Gasteiger partial charge < -0.3 is 20.3 Å². The molecule has 3 rings (SSSR count). The van der Waals surface area contributed by atoms with E-state index in [1.54, 1.807) is 0 Å². The number of fused-ring (bicyclic) bond motifs is 1. The Labute approximate surface area is 158 Å². The van der Waals surface area contributed by atoms with Gasteiger partial charge in [-0.25, -0.2) is 9.18 Å². The quantitative estimate of drug-likeness (QED) is 0.650. The van der Waals surface area contributed by atoms with Crippen LogP contribution in [0.25, 0.3) is 0 Å². The van der Waals surface area contributed by atoms with E-state index < -0.39 is 23.5 Å². The molecule has 6 nitrogen and oxygen atoms in total. The van der Waals surface area contributed by atoms with Crippen LogP contribution in [0.15, 0.2) is 12.1 Å². The third-order valence-electron chi connectivity index (χ3n) is 4.87. The van der Waals surface area contributed by atoms with Crippen LogP contribution in [-0.4, -0.2) is 48.1 Å². The van der Waals surface area contributed by atoms with Crippen LogP contribution >= 0.6 is 0 Å². The molecular formula is C18H21F4NO5. The first kappa shape index (κ1) is 22.1. The zero-order valence-corrected chi connectivity index (χ0v) is 14.9. The first-order chi connectivity index (χ1) is 13.1. The Morgan fingerprint density at radius 3 is 2.43 bits per heavy atom. The SMILES string of the molecule is O=C(O)C(F)(F)F.O=C(O)C1(CNCc2ccc3c(c2F)CCC3)CCOC1. The fourth-order valence-corrected chi connectivity index (χ4v) is 3.23. The van der Waals surface area contributed by atoms with Gasteiger partial charge in [-0.05, 0) is 36.8 Å². The normalized spacial score (nSPS) is 21.0. The van der Waals surface area contributed by atoms with E-state index in [0.29, 0.717) is 31.7 Å². The second kappa shape index (κ2) is 8.87. The molecule has 1 unspecified atom stereocenters. The number of benzene rings is 1. The maximum absolute atomic E-state index is 14.3. The molecule has 1 heterocycles. The van der Waals surface area contributed by atoms with Gasteiger partial charge in [-0.3, -0.25) is 4.79 Å². The highest BCUT2D eigenvalue weighted by Gasteiger charge is 2.42. The van der Waals surface area contributed by atoms with Crippen molar-refractivity contribution in [2.24, 2.45) is 5.41 Å². The molecule has 3 N–H and O–H groups in total. The van der Waals surface area contributed by atoms with Crippen molar-refractivity contribution in [1.29, 1.82) is 0 Å². The number of carbonyl (C=O) groups is 2. The molecule has 0 aromatic heterocycles. The summed E-state index contributed by atoms with van der Waals surface area (Å²) < 4.78 is 51.3. The predicted molar refractivity (Wildman–Crippen MR) is 89.3 cm³/mol. The second-order valence-electron chi connectivity index (χ2n) is 6.82. The van der Waals surface area contributed by atoms with E-state index >= 15 is 0 Å². The Bertz CT molecular complexity index is 729. The highest BCUT2D eigenvalue weighted by Crippen LogP contribution is 2.29. The van der Waals surface area contributed by atoms with Crippen LogP contribution in [0.1, 0.15) is 29.5 Å². The molecule has 1 aliphatic heterocycles. The van der Waals surface area contributed by atoms with Gasteiger partial charge in [0.05, 0.1) is 6.61 Å². The summed E-state index contributed by atoms with van der Waals surface area (Å²) in [6, 6.07) is 3.80. The van der Waals surface area contributed by atoms with Crippen LogP contribution in [0.5, 0.6) is 0 Å². The van der Waals surface area contributed by atoms with Crippen molar-refractivity contribution < 1.29 is 42.1 Å². The van der Waals surface area contributed by atoms with Gasteiger partial charge in [-0.2, -0.15) is 13.2 Å². The maximum Gasteiger partial charge on any atom is 0.490 e. The number of carboxylic acid groups (broad SMARTS) is 2. The Kier molecular flexibility index (Phi) is 7.00. The second-order valence-corrected chi connectivity index (χ2v) is 6.82.